The minimum Gasteiger partial charge on any atom is -0.330 e. The van der Waals surface area contributed by atoms with Gasteiger partial charge >= 0.3 is 0 Å². The van der Waals surface area contributed by atoms with Crippen LogP contribution in [0.25, 0.3) is 0 Å². The number of hydrogen-bond acceptors (Lipinski definition) is 3. The molecule has 1 atom stereocenters. The van der Waals surface area contributed by atoms with Crippen LogP contribution in [0.5, 0.6) is 0 Å². The number of nitrogens with two attached hydrogens (primary N) is 1. The van der Waals surface area contributed by atoms with Crippen LogP contribution >= 0.6 is 12.4 Å². The van der Waals surface area contributed by atoms with E-state index in [9.17, 15) is 12.8 Å². The minimum atomic E-state index is -3.73. The first kappa shape index (κ1) is 16.4. The fourth-order valence-corrected chi connectivity index (χ4v) is 3.74. The second-order valence-corrected chi connectivity index (χ2v) is 6.59. The van der Waals surface area contributed by atoms with Crippen molar-refractivity contribution in [1.29, 1.82) is 0 Å². The van der Waals surface area contributed by atoms with Gasteiger partial charge in [-0.05, 0) is 43.5 Å². The molecule has 19 heavy (non-hydrogen) atoms. The maximum absolute atomic E-state index is 13.7. The summed E-state index contributed by atoms with van der Waals surface area (Å²) in [6.07, 6.45) is 0.739. The van der Waals surface area contributed by atoms with Crippen molar-refractivity contribution in [1.82, 2.24) is 4.31 Å². The number of rotatable bonds is 3. The molecule has 0 bridgehead atoms. The molecule has 1 unspecified atom stereocenters. The average molecular weight is 309 g/mol. The Morgan fingerprint density at radius 1 is 1.47 bits per heavy atom. The van der Waals surface area contributed by atoms with Crippen LogP contribution in [0.1, 0.15) is 12.0 Å². The lowest BCUT2D eigenvalue weighted by Gasteiger charge is -2.17. The van der Waals surface area contributed by atoms with Gasteiger partial charge in [0, 0.05) is 13.1 Å². The number of sulfonamides is 1. The molecular weight excluding hydrogens is 291 g/mol. The Bertz CT molecular complexity index is 551. The zero-order chi connectivity index (χ0) is 13.3. The zero-order valence-electron chi connectivity index (χ0n) is 10.7. The van der Waals surface area contributed by atoms with Gasteiger partial charge in [-0.2, -0.15) is 4.31 Å². The third kappa shape index (κ3) is 3.25. The van der Waals surface area contributed by atoms with Crippen molar-refractivity contribution in [2.24, 2.45) is 11.7 Å². The van der Waals surface area contributed by atoms with E-state index >= 15 is 0 Å². The van der Waals surface area contributed by atoms with E-state index in [1.807, 2.05) is 0 Å². The van der Waals surface area contributed by atoms with Gasteiger partial charge in [-0.15, -0.1) is 12.4 Å². The van der Waals surface area contributed by atoms with Crippen molar-refractivity contribution in [3.8, 4) is 0 Å². The molecule has 0 spiro atoms. The summed E-state index contributed by atoms with van der Waals surface area (Å²) in [5, 5.41) is 0. The Morgan fingerprint density at radius 2 is 2.16 bits per heavy atom. The van der Waals surface area contributed by atoms with Crippen LogP contribution in [-0.2, 0) is 10.0 Å². The molecule has 1 aliphatic heterocycles. The van der Waals surface area contributed by atoms with Crippen molar-refractivity contribution < 1.29 is 12.8 Å². The van der Waals surface area contributed by atoms with Gasteiger partial charge in [-0.1, -0.05) is 6.07 Å². The first-order valence-electron chi connectivity index (χ1n) is 5.91. The van der Waals surface area contributed by atoms with Crippen LogP contribution in [0.15, 0.2) is 23.1 Å². The highest BCUT2D eigenvalue weighted by Gasteiger charge is 2.33. The van der Waals surface area contributed by atoms with Gasteiger partial charge in [-0.3, -0.25) is 0 Å². The standard InChI is InChI=1S/C12H17FN2O2S.ClH/c1-9-2-3-12(11(13)6-9)18(16,17)15-5-4-10(7-14)8-15;/h2-3,6,10H,4-5,7-8,14H2,1H3;1H. The van der Waals surface area contributed by atoms with Gasteiger partial charge in [0.25, 0.3) is 0 Å². The van der Waals surface area contributed by atoms with E-state index in [1.54, 1.807) is 13.0 Å². The zero-order valence-corrected chi connectivity index (χ0v) is 12.3. The van der Waals surface area contributed by atoms with Crippen molar-refractivity contribution in [2.45, 2.75) is 18.2 Å². The van der Waals surface area contributed by atoms with E-state index in [4.69, 9.17) is 5.73 Å². The number of nitrogens with zero attached hydrogens (tertiary/aromatic N) is 1. The van der Waals surface area contributed by atoms with Crippen LogP contribution in [-0.4, -0.2) is 32.4 Å². The first-order chi connectivity index (χ1) is 8.45. The molecule has 7 heteroatoms. The lowest BCUT2D eigenvalue weighted by atomic mass is 10.1. The number of benzene rings is 1. The number of halogens is 2. The predicted molar refractivity (Wildman–Crippen MR) is 74.3 cm³/mol. The molecule has 0 saturated carbocycles. The molecule has 0 amide bonds. The summed E-state index contributed by atoms with van der Waals surface area (Å²) in [7, 11) is -3.73. The van der Waals surface area contributed by atoms with Crippen LogP contribution in [0, 0.1) is 18.7 Å². The second kappa shape index (κ2) is 6.17. The Morgan fingerprint density at radius 3 is 2.68 bits per heavy atom. The normalized spacial score (nSPS) is 20.3. The molecule has 1 fully saturated rings. The third-order valence-corrected chi connectivity index (χ3v) is 5.19. The van der Waals surface area contributed by atoms with Crippen molar-refractivity contribution in [3.05, 3.63) is 29.6 Å². The maximum Gasteiger partial charge on any atom is 0.245 e. The Kier molecular flexibility index (Phi) is 5.32. The smallest absolute Gasteiger partial charge is 0.245 e. The van der Waals surface area contributed by atoms with E-state index in [1.165, 1.54) is 16.4 Å². The highest BCUT2D eigenvalue weighted by Crippen LogP contribution is 2.25. The van der Waals surface area contributed by atoms with E-state index < -0.39 is 15.8 Å². The van der Waals surface area contributed by atoms with E-state index in [2.05, 4.69) is 0 Å². The van der Waals surface area contributed by atoms with Gasteiger partial charge in [0.2, 0.25) is 10.0 Å². The summed E-state index contributed by atoms with van der Waals surface area (Å²) in [4.78, 5) is -0.245. The van der Waals surface area contributed by atoms with Crippen LogP contribution in [0.4, 0.5) is 4.39 Å². The minimum absolute atomic E-state index is 0. The average Bonchev–Trinajstić information content (AvgIpc) is 2.77. The fraction of sp³-hybridized carbons (Fsp3) is 0.500. The number of aryl methyl sites for hydroxylation is 1. The Balaban J connectivity index is 0.00000180. The molecule has 0 aromatic heterocycles. The molecule has 4 nitrogen and oxygen atoms in total. The predicted octanol–water partition coefficient (Wildman–Crippen LogP) is 1.53. The third-order valence-electron chi connectivity index (χ3n) is 3.29. The molecule has 1 heterocycles. The molecular formula is C12H18ClFN2O2S. The molecule has 0 aliphatic carbocycles. The van der Waals surface area contributed by atoms with E-state index in [-0.39, 0.29) is 23.2 Å². The van der Waals surface area contributed by atoms with Gasteiger partial charge in [-0.25, -0.2) is 12.8 Å². The molecule has 1 aromatic carbocycles. The first-order valence-corrected chi connectivity index (χ1v) is 7.35. The summed E-state index contributed by atoms with van der Waals surface area (Å²) in [5.74, 6) is -0.514. The van der Waals surface area contributed by atoms with Gasteiger partial charge in [0.15, 0.2) is 0 Å². The van der Waals surface area contributed by atoms with E-state index in [0.717, 1.165) is 6.42 Å². The molecule has 108 valence electrons. The van der Waals surface area contributed by atoms with Crippen LogP contribution < -0.4 is 5.73 Å². The summed E-state index contributed by atoms with van der Waals surface area (Å²) in [5.41, 5.74) is 6.23. The molecule has 0 radical (unpaired) electrons. The lowest BCUT2D eigenvalue weighted by Crippen LogP contribution is -2.30. The van der Waals surface area contributed by atoms with Crippen molar-refractivity contribution in [2.75, 3.05) is 19.6 Å². The maximum atomic E-state index is 13.7. The summed E-state index contributed by atoms with van der Waals surface area (Å²) in [6.45, 7) is 2.98. The Labute approximate surface area is 119 Å². The summed E-state index contributed by atoms with van der Waals surface area (Å²) >= 11 is 0. The number of hydrogen-bond donors (Lipinski definition) is 1. The highest BCUT2D eigenvalue weighted by atomic mass is 35.5. The topological polar surface area (TPSA) is 63.4 Å². The molecule has 1 saturated heterocycles. The molecule has 1 aromatic rings. The van der Waals surface area contributed by atoms with Gasteiger partial charge in [0.05, 0.1) is 0 Å². The van der Waals surface area contributed by atoms with Gasteiger partial charge < -0.3 is 5.73 Å². The largest absolute Gasteiger partial charge is 0.330 e. The molecule has 2 N–H and O–H groups in total. The monoisotopic (exact) mass is 308 g/mol. The Hall–Kier alpha value is -0.690. The summed E-state index contributed by atoms with van der Waals surface area (Å²) in [6, 6.07) is 4.17. The van der Waals surface area contributed by atoms with E-state index in [0.29, 0.717) is 25.2 Å². The SMILES string of the molecule is Cc1ccc(S(=O)(=O)N2CCC(CN)C2)c(F)c1.Cl. The lowest BCUT2D eigenvalue weighted by molar-refractivity contribution is 0.453. The van der Waals surface area contributed by atoms with Crippen molar-refractivity contribution in [3.63, 3.8) is 0 Å². The van der Waals surface area contributed by atoms with Crippen LogP contribution in [0.3, 0.4) is 0 Å². The van der Waals surface area contributed by atoms with Crippen molar-refractivity contribution >= 4 is 22.4 Å². The highest BCUT2D eigenvalue weighted by molar-refractivity contribution is 7.89. The molecule has 1 aliphatic rings. The van der Waals surface area contributed by atoms with Gasteiger partial charge in [0.1, 0.15) is 10.7 Å². The second-order valence-electron chi connectivity index (χ2n) is 4.69. The fourth-order valence-electron chi connectivity index (χ4n) is 2.16. The molecule has 2 rings (SSSR count). The summed E-state index contributed by atoms with van der Waals surface area (Å²) < 4.78 is 39.6. The van der Waals surface area contributed by atoms with Crippen LogP contribution in [0.2, 0.25) is 0 Å². The quantitative estimate of drug-likeness (QED) is 0.921.